The van der Waals surface area contributed by atoms with Gasteiger partial charge in [0, 0.05) is 44.0 Å². The van der Waals surface area contributed by atoms with Crippen LogP contribution in [0.1, 0.15) is 22.5 Å². The molecule has 0 aromatic carbocycles. The zero-order valence-electron chi connectivity index (χ0n) is 13.2. The van der Waals surface area contributed by atoms with Gasteiger partial charge in [0.15, 0.2) is 5.69 Å². The Kier molecular flexibility index (Phi) is 4.50. The van der Waals surface area contributed by atoms with Crippen molar-refractivity contribution in [2.24, 2.45) is 0 Å². The van der Waals surface area contributed by atoms with E-state index in [9.17, 15) is 4.79 Å². The van der Waals surface area contributed by atoms with Gasteiger partial charge in [0.1, 0.15) is 0 Å². The Balaban J connectivity index is 1.48. The summed E-state index contributed by atoms with van der Waals surface area (Å²) >= 11 is 1.21. The van der Waals surface area contributed by atoms with Crippen molar-refractivity contribution < 1.29 is 9.53 Å². The van der Waals surface area contributed by atoms with Gasteiger partial charge in [0.2, 0.25) is 0 Å². The van der Waals surface area contributed by atoms with Crippen LogP contribution in [-0.2, 0) is 11.3 Å². The van der Waals surface area contributed by atoms with Crippen molar-refractivity contribution in [2.75, 3.05) is 26.2 Å². The Morgan fingerprint density at radius 2 is 2.21 bits per heavy atom. The zero-order chi connectivity index (χ0) is 16.4. The highest BCUT2D eigenvalue weighted by Crippen LogP contribution is 2.25. The lowest BCUT2D eigenvalue weighted by molar-refractivity contribution is -0.101. The molecule has 2 fully saturated rings. The van der Waals surface area contributed by atoms with Crippen molar-refractivity contribution in [1.82, 2.24) is 24.4 Å². The number of aromatic nitrogens is 3. The van der Waals surface area contributed by atoms with Crippen LogP contribution in [-0.4, -0.2) is 68.7 Å². The lowest BCUT2D eigenvalue weighted by atomic mass is 9.98. The van der Waals surface area contributed by atoms with Crippen molar-refractivity contribution in [2.45, 2.75) is 25.1 Å². The number of nitrogens with zero attached hydrogens (tertiary/aromatic N) is 5. The number of ether oxygens (including phenoxy) is 1. The van der Waals surface area contributed by atoms with E-state index < -0.39 is 0 Å². The molecule has 8 heteroatoms. The first-order valence-corrected chi connectivity index (χ1v) is 8.96. The fourth-order valence-electron chi connectivity index (χ4n) is 3.47. The number of carbonyl (C=O) groups is 1. The van der Waals surface area contributed by atoms with Gasteiger partial charge in [-0.1, -0.05) is 4.49 Å². The number of piperidine rings is 1. The summed E-state index contributed by atoms with van der Waals surface area (Å²) in [5, 5.41) is 5.62. The van der Waals surface area contributed by atoms with Crippen LogP contribution in [0.15, 0.2) is 29.9 Å². The summed E-state index contributed by atoms with van der Waals surface area (Å²) in [6.45, 7) is 3.86. The maximum Gasteiger partial charge on any atom is 0.275 e. The van der Waals surface area contributed by atoms with Gasteiger partial charge in [-0.25, -0.2) is 0 Å². The molecule has 24 heavy (non-hydrogen) atoms. The van der Waals surface area contributed by atoms with Gasteiger partial charge in [-0.2, -0.15) is 0 Å². The van der Waals surface area contributed by atoms with Crippen molar-refractivity contribution in [3.05, 3.63) is 41.2 Å². The Morgan fingerprint density at radius 3 is 3.00 bits per heavy atom. The first kappa shape index (κ1) is 15.6. The molecule has 2 atom stereocenters. The molecule has 0 unspecified atom stereocenters. The molecule has 2 aromatic rings. The van der Waals surface area contributed by atoms with Gasteiger partial charge < -0.3 is 9.64 Å². The predicted molar refractivity (Wildman–Crippen MR) is 88.6 cm³/mol. The standard InChI is InChI=1S/C16H19N5O2S/c22-16(13-11-24-19-18-13)21-6-3-15-14(10-21)20(7-8-23-15)9-12-1-4-17-5-2-12/h1-2,4-5,11,14-15H,3,6-10H2/t14-,15-/m0/s1. The number of rotatable bonds is 3. The molecular weight excluding hydrogens is 326 g/mol. The largest absolute Gasteiger partial charge is 0.375 e. The van der Waals surface area contributed by atoms with Crippen LogP contribution in [0, 0.1) is 0 Å². The molecule has 2 saturated heterocycles. The van der Waals surface area contributed by atoms with E-state index >= 15 is 0 Å². The topological polar surface area (TPSA) is 71.5 Å². The molecule has 0 spiro atoms. The van der Waals surface area contributed by atoms with Gasteiger partial charge in [0.05, 0.1) is 18.8 Å². The molecule has 7 nitrogen and oxygen atoms in total. The second-order valence-corrected chi connectivity index (χ2v) is 6.74. The predicted octanol–water partition coefficient (Wildman–Crippen LogP) is 1.05. The summed E-state index contributed by atoms with van der Waals surface area (Å²) in [6.07, 6.45) is 4.69. The second kappa shape index (κ2) is 6.92. The van der Waals surface area contributed by atoms with Gasteiger partial charge in [-0.05, 0) is 35.6 Å². The molecule has 4 rings (SSSR count). The number of carbonyl (C=O) groups excluding carboxylic acids is 1. The first-order chi connectivity index (χ1) is 11.8. The van der Waals surface area contributed by atoms with Gasteiger partial charge in [-0.3, -0.25) is 14.7 Å². The number of hydrogen-bond acceptors (Lipinski definition) is 7. The van der Waals surface area contributed by atoms with E-state index in [1.807, 2.05) is 29.4 Å². The summed E-state index contributed by atoms with van der Waals surface area (Å²) in [5.74, 6) is -0.0309. The van der Waals surface area contributed by atoms with Crippen molar-refractivity contribution in [3.63, 3.8) is 0 Å². The number of hydrogen-bond donors (Lipinski definition) is 0. The molecule has 2 aliphatic rings. The summed E-state index contributed by atoms with van der Waals surface area (Å²) in [7, 11) is 0. The third-order valence-electron chi connectivity index (χ3n) is 4.70. The molecule has 0 bridgehead atoms. The third-order valence-corrected chi connectivity index (χ3v) is 5.21. The van der Waals surface area contributed by atoms with Crippen LogP contribution in [0.25, 0.3) is 0 Å². The molecule has 0 aliphatic carbocycles. The number of morpholine rings is 1. The highest BCUT2D eigenvalue weighted by molar-refractivity contribution is 7.03. The van der Waals surface area contributed by atoms with Crippen LogP contribution in [0.2, 0.25) is 0 Å². The van der Waals surface area contributed by atoms with Crippen LogP contribution in [0.4, 0.5) is 0 Å². The average Bonchev–Trinajstić information content (AvgIpc) is 3.17. The molecule has 2 aliphatic heterocycles. The average molecular weight is 345 g/mol. The Hall–Kier alpha value is -1.90. The van der Waals surface area contributed by atoms with Crippen molar-refractivity contribution in [3.8, 4) is 0 Å². The second-order valence-electron chi connectivity index (χ2n) is 6.13. The van der Waals surface area contributed by atoms with E-state index in [1.165, 1.54) is 17.1 Å². The highest BCUT2D eigenvalue weighted by atomic mass is 32.1. The van der Waals surface area contributed by atoms with Crippen LogP contribution in [0.3, 0.4) is 0 Å². The Bertz CT molecular complexity index is 681. The van der Waals surface area contributed by atoms with Crippen LogP contribution in [0.5, 0.6) is 0 Å². The maximum absolute atomic E-state index is 12.6. The van der Waals surface area contributed by atoms with E-state index in [1.54, 1.807) is 5.38 Å². The molecule has 0 radical (unpaired) electrons. The Morgan fingerprint density at radius 1 is 1.33 bits per heavy atom. The summed E-state index contributed by atoms with van der Waals surface area (Å²) in [6, 6.07) is 4.30. The quantitative estimate of drug-likeness (QED) is 0.828. The molecule has 4 heterocycles. The minimum atomic E-state index is -0.0309. The van der Waals surface area contributed by atoms with E-state index in [0.29, 0.717) is 18.8 Å². The lowest BCUT2D eigenvalue weighted by Gasteiger charge is -2.47. The zero-order valence-corrected chi connectivity index (χ0v) is 14.1. The molecular formula is C16H19N5O2S. The van der Waals surface area contributed by atoms with Gasteiger partial charge in [0.25, 0.3) is 5.91 Å². The van der Waals surface area contributed by atoms with E-state index in [2.05, 4.69) is 19.5 Å². The molecule has 1 amide bonds. The normalized spacial score (nSPS) is 24.6. The van der Waals surface area contributed by atoms with Crippen LogP contribution < -0.4 is 0 Å². The minimum absolute atomic E-state index is 0.0309. The summed E-state index contributed by atoms with van der Waals surface area (Å²) < 4.78 is 9.74. The van der Waals surface area contributed by atoms with Crippen molar-refractivity contribution >= 4 is 17.4 Å². The number of amides is 1. The smallest absolute Gasteiger partial charge is 0.275 e. The molecule has 2 aromatic heterocycles. The van der Waals surface area contributed by atoms with Gasteiger partial charge in [-0.15, -0.1) is 5.10 Å². The summed E-state index contributed by atoms with van der Waals surface area (Å²) in [5.41, 5.74) is 1.67. The summed E-state index contributed by atoms with van der Waals surface area (Å²) in [4.78, 5) is 20.9. The fourth-order valence-corrected chi connectivity index (χ4v) is 3.90. The minimum Gasteiger partial charge on any atom is -0.375 e. The third kappa shape index (κ3) is 3.17. The number of fused-ring (bicyclic) bond motifs is 1. The van der Waals surface area contributed by atoms with Crippen LogP contribution >= 0.6 is 11.5 Å². The molecule has 0 N–H and O–H groups in total. The number of likely N-dealkylation sites (tertiary alicyclic amines) is 1. The Labute approximate surface area is 144 Å². The fraction of sp³-hybridized carbons (Fsp3) is 0.500. The van der Waals surface area contributed by atoms with E-state index in [-0.39, 0.29) is 18.1 Å². The van der Waals surface area contributed by atoms with Crippen molar-refractivity contribution in [1.29, 1.82) is 0 Å². The van der Waals surface area contributed by atoms with E-state index in [4.69, 9.17) is 4.74 Å². The van der Waals surface area contributed by atoms with Gasteiger partial charge >= 0.3 is 0 Å². The maximum atomic E-state index is 12.6. The first-order valence-electron chi connectivity index (χ1n) is 8.12. The molecule has 0 saturated carbocycles. The monoisotopic (exact) mass is 345 g/mol. The highest BCUT2D eigenvalue weighted by Gasteiger charge is 2.38. The SMILES string of the molecule is O=C(c1csnn1)N1CC[C@@H]2OCCN(Cc3ccncc3)[C@H]2C1. The number of pyridine rings is 1. The lowest BCUT2D eigenvalue weighted by Crippen LogP contribution is -2.60. The van der Waals surface area contributed by atoms with E-state index in [0.717, 1.165) is 26.1 Å². The molecule has 126 valence electrons.